The van der Waals surface area contributed by atoms with Gasteiger partial charge in [0.1, 0.15) is 0 Å². The maximum atomic E-state index is 12.6. The molecule has 1 saturated carbocycles. The molecule has 1 heterocycles. The third kappa shape index (κ3) is 6.02. The molecule has 2 N–H and O–H groups in total. The lowest BCUT2D eigenvalue weighted by molar-refractivity contribution is -0.134. The van der Waals surface area contributed by atoms with Crippen LogP contribution in [0, 0.1) is 11.3 Å². The Balaban J connectivity index is 1.44. The van der Waals surface area contributed by atoms with Crippen molar-refractivity contribution in [2.45, 2.75) is 44.4 Å². The normalized spacial score (nSPS) is 21.7. The van der Waals surface area contributed by atoms with Crippen molar-refractivity contribution in [2.24, 2.45) is 17.1 Å². The van der Waals surface area contributed by atoms with Crippen molar-refractivity contribution in [1.82, 2.24) is 9.80 Å². The zero-order valence-electron chi connectivity index (χ0n) is 20.0. The van der Waals surface area contributed by atoms with Crippen molar-refractivity contribution in [3.8, 4) is 0 Å². The fraction of sp³-hybridized carbons (Fsp3) is 0.500. The third-order valence-electron chi connectivity index (χ3n) is 7.61. The number of likely N-dealkylation sites (tertiary alicyclic amines) is 1. The molecule has 2 amide bonds. The lowest BCUT2D eigenvalue weighted by atomic mass is 9.70. The van der Waals surface area contributed by atoms with Crippen LogP contribution in [0.5, 0.6) is 0 Å². The number of primary amides is 1. The first-order chi connectivity index (χ1) is 15.8. The smallest absolute Gasteiger partial charge is 0.248 e. The molecule has 0 spiro atoms. The first-order valence-electron chi connectivity index (χ1n) is 12.2. The van der Waals surface area contributed by atoms with Gasteiger partial charge in [-0.15, -0.1) is 0 Å². The highest BCUT2D eigenvalue weighted by Crippen LogP contribution is 2.52. The molecule has 2 atom stereocenters. The van der Waals surface area contributed by atoms with E-state index in [0.717, 1.165) is 44.7 Å². The topological polar surface area (TPSA) is 66.6 Å². The molecule has 1 saturated heterocycles. The van der Waals surface area contributed by atoms with Crippen LogP contribution in [0.3, 0.4) is 0 Å². The maximum Gasteiger partial charge on any atom is 0.248 e. The highest BCUT2D eigenvalue weighted by Gasteiger charge is 2.42. The van der Waals surface area contributed by atoms with Crippen LogP contribution in [0.15, 0.2) is 54.6 Å². The summed E-state index contributed by atoms with van der Waals surface area (Å²) in [5.74, 6) is 1.30. The largest absolute Gasteiger partial charge is 0.366 e. The first-order valence-corrected chi connectivity index (χ1v) is 12.2. The number of carbonyl (C=O) groups excluding carboxylic acids is 2. The number of hydrogen-bond acceptors (Lipinski definition) is 3. The van der Waals surface area contributed by atoms with Gasteiger partial charge >= 0.3 is 0 Å². The van der Waals surface area contributed by atoms with E-state index >= 15 is 0 Å². The summed E-state index contributed by atoms with van der Waals surface area (Å²) in [7, 11) is 3.88. The summed E-state index contributed by atoms with van der Waals surface area (Å²) in [6, 6.07) is 18.7. The van der Waals surface area contributed by atoms with Crippen molar-refractivity contribution in [2.75, 3.05) is 33.7 Å². The molecule has 0 aromatic heterocycles. The van der Waals surface area contributed by atoms with Gasteiger partial charge in [-0.05, 0) is 93.1 Å². The van der Waals surface area contributed by atoms with Crippen LogP contribution in [0.4, 0.5) is 0 Å². The summed E-state index contributed by atoms with van der Waals surface area (Å²) in [5, 5.41) is 0. The van der Waals surface area contributed by atoms with Crippen molar-refractivity contribution >= 4 is 11.8 Å². The van der Waals surface area contributed by atoms with Gasteiger partial charge in [0.05, 0.1) is 6.54 Å². The molecule has 1 unspecified atom stereocenters. The van der Waals surface area contributed by atoms with E-state index in [-0.39, 0.29) is 17.2 Å². The van der Waals surface area contributed by atoms with Crippen LogP contribution in [0.1, 0.15) is 59.5 Å². The molecule has 1 aliphatic carbocycles. The van der Waals surface area contributed by atoms with E-state index in [0.29, 0.717) is 18.0 Å². The van der Waals surface area contributed by atoms with Crippen LogP contribution >= 0.6 is 0 Å². The number of carbonyl (C=O) groups is 2. The Kier molecular flexibility index (Phi) is 7.18. The van der Waals surface area contributed by atoms with Crippen LogP contribution in [0.25, 0.3) is 0 Å². The molecule has 5 heteroatoms. The standard InChI is InChI=1S/C28H37N3O2/c1-30(2)20-26(32)31-15-13-28(14-16-31,19-21-7-6-10-24(17-21)27(29)33)12-11-23-18-25(23)22-8-4-3-5-9-22/h3-10,17,23,25H,11-16,18-20H2,1-2H3,(H2,29,33)/t23-,25?/m1/s1. The number of amides is 2. The minimum atomic E-state index is -0.376. The Morgan fingerprint density at radius 1 is 1.06 bits per heavy atom. The molecule has 176 valence electrons. The van der Waals surface area contributed by atoms with Gasteiger partial charge < -0.3 is 15.5 Å². The molecule has 1 aliphatic heterocycles. The highest BCUT2D eigenvalue weighted by molar-refractivity contribution is 5.92. The minimum absolute atomic E-state index is 0.162. The van der Waals surface area contributed by atoms with Gasteiger partial charge in [0.2, 0.25) is 11.8 Å². The second-order valence-electron chi connectivity index (χ2n) is 10.4. The molecule has 4 rings (SSSR count). The Labute approximate surface area is 197 Å². The first kappa shape index (κ1) is 23.5. The summed E-state index contributed by atoms with van der Waals surface area (Å²) in [6.07, 6.45) is 6.63. The van der Waals surface area contributed by atoms with Gasteiger partial charge in [-0.3, -0.25) is 9.59 Å². The molecule has 2 fully saturated rings. The second kappa shape index (κ2) is 10.1. The number of rotatable bonds is 9. The Morgan fingerprint density at radius 3 is 2.45 bits per heavy atom. The quantitative estimate of drug-likeness (QED) is 0.630. The molecule has 33 heavy (non-hydrogen) atoms. The summed E-state index contributed by atoms with van der Waals surface area (Å²) in [5.41, 5.74) is 8.91. The molecule has 5 nitrogen and oxygen atoms in total. The Hall–Kier alpha value is -2.66. The van der Waals surface area contributed by atoms with Crippen LogP contribution in [-0.4, -0.2) is 55.3 Å². The van der Waals surface area contributed by atoms with Crippen molar-refractivity contribution < 1.29 is 9.59 Å². The van der Waals surface area contributed by atoms with E-state index in [1.54, 1.807) is 6.07 Å². The predicted octanol–water partition coefficient (Wildman–Crippen LogP) is 4.08. The van der Waals surface area contributed by atoms with Gasteiger partial charge in [-0.25, -0.2) is 0 Å². The van der Waals surface area contributed by atoms with Crippen molar-refractivity contribution in [3.05, 3.63) is 71.3 Å². The lowest BCUT2D eigenvalue weighted by Gasteiger charge is -2.43. The second-order valence-corrected chi connectivity index (χ2v) is 10.4. The van der Waals surface area contributed by atoms with E-state index in [2.05, 4.69) is 36.4 Å². The number of benzene rings is 2. The number of nitrogens with zero attached hydrogens (tertiary/aromatic N) is 2. The lowest BCUT2D eigenvalue weighted by Crippen LogP contribution is -2.46. The van der Waals surface area contributed by atoms with Crippen molar-refractivity contribution in [3.63, 3.8) is 0 Å². The maximum absolute atomic E-state index is 12.6. The molecular formula is C28H37N3O2. The minimum Gasteiger partial charge on any atom is -0.366 e. The number of likely N-dealkylation sites (N-methyl/N-ethyl adjacent to an activating group) is 1. The fourth-order valence-corrected chi connectivity index (χ4v) is 5.55. The molecule has 2 aromatic rings. The van der Waals surface area contributed by atoms with E-state index in [1.165, 1.54) is 24.0 Å². The average Bonchev–Trinajstić information content (AvgIpc) is 3.58. The fourth-order valence-electron chi connectivity index (χ4n) is 5.55. The predicted molar refractivity (Wildman–Crippen MR) is 132 cm³/mol. The zero-order chi connectivity index (χ0) is 23.4. The molecule has 0 radical (unpaired) electrons. The molecule has 2 aliphatic rings. The summed E-state index contributed by atoms with van der Waals surface area (Å²) >= 11 is 0. The summed E-state index contributed by atoms with van der Waals surface area (Å²) in [6.45, 7) is 2.10. The SMILES string of the molecule is CN(C)CC(=O)N1CCC(CC[C@@H]2CC2c2ccccc2)(Cc2cccc(C(N)=O)c2)CC1. The Bertz CT molecular complexity index is 964. The average molecular weight is 448 g/mol. The van der Waals surface area contributed by atoms with Crippen LogP contribution in [-0.2, 0) is 11.2 Å². The van der Waals surface area contributed by atoms with Gasteiger partial charge in [0.15, 0.2) is 0 Å². The highest BCUT2D eigenvalue weighted by atomic mass is 16.2. The van der Waals surface area contributed by atoms with Gasteiger partial charge in [0.25, 0.3) is 0 Å². The van der Waals surface area contributed by atoms with E-state index in [1.807, 2.05) is 36.0 Å². The van der Waals surface area contributed by atoms with Crippen LogP contribution in [0.2, 0.25) is 0 Å². The van der Waals surface area contributed by atoms with Gasteiger partial charge in [-0.2, -0.15) is 0 Å². The summed E-state index contributed by atoms with van der Waals surface area (Å²) < 4.78 is 0. The van der Waals surface area contributed by atoms with Gasteiger partial charge in [0, 0.05) is 18.7 Å². The van der Waals surface area contributed by atoms with Crippen LogP contribution < -0.4 is 5.73 Å². The third-order valence-corrected chi connectivity index (χ3v) is 7.61. The van der Waals surface area contributed by atoms with E-state index < -0.39 is 0 Å². The molecular weight excluding hydrogens is 410 g/mol. The molecule has 2 aromatic carbocycles. The number of hydrogen-bond donors (Lipinski definition) is 1. The number of piperidine rings is 1. The Morgan fingerprint density at radius 2 is 1.79 bits per heavy atom. The van der Waals surface area contributed by atoms with Crippen molar-refractivity contribution in [1.29, 1.82) is 0 Å². The molecule has 0 bridgehead atoms. The van der Waals surface area contributed by atoms with Gasteiger partial charge in [-0.1, -0.05) is 42.5 Å². The van der Waals surface area contributed by atoms with E-state index in [9.17, 15) is 9.59 Å². The monoisotopic (exact) mass is 447 g/mol. The summed E-state index contributed by atoms with van der Waals surface area (Å²) in [4.78, 5) is 28.3. The van der Waals surface area contributed by atoms with E-state index in [4.69, 9.17) is 5.73 Å². The number of nitrogens with two attached hydrogens (primary N) is 1. The zero-order valence-corrected chi connectivity index (χ0v) is 20.0.